The minimum atomic E-state index is -1.10. The van der Waals surface area contributed by atoms with Crippen LogP contribution in [0.1, 0.15) is 63.7 Å². The van der Waals surface area contributed by atoms with Crippen LogP contribution < -0.4 is 10.2 Å². The van der Waals surface area contributed by atoms with Gasteiger partial charge in [0, 0.05) is 49.7 Å². The summed E-state index contributed by atoms with van der Waals surface area (Å²) in [6.45, 7) is 2.93. The van der Waals surface area contributed by atoms with Gasteiger partial charge in [-0.15, -0.1) is 0 Å². The van der Waals surface area contributed by atoms with Crippen molar-refractivity contribution < 1.29 is 23.6 Å². The van der Waals surface area contributed by atoms with E-state index in [0.717, 1.165) is 22.4 Å². The molecule has 2 N–H and O–H groups in total. The van der Waals surface area contributed by atoms with E-state index in [0.29, 0.717) is 37.4 Å². The third-order valence-electron chi connectivity index (χ3n) is 7.38. The lowest BCUT2D eigenvalue weighted by atomic mass is 9.91. The number of carbonyl (C=O) groups excluding carboxylic acids is 4. The predicted molar refractivity (Wildman–Crippen MR) is 132 cm³/mol. The maximum atomic E-state index is 15.3. The molecule has 194 valence electrons. The van der Waals surface area contributed by atoms with Gasteiger partial charge in [-0.25, -0.2) is 14.4 Å². The number of nitrogens with zero attached hydrogens (tertiary/aromatic N) is 5. The summed E-state index contributed by atoms with van der Waals surface area (Å²) in [6.07, 6.45) is 6.43. The fourth-order valence-electron chi connectivity index (χ4n) is 5.48. The lowest BCUT2D eigenvalue weighted by molar-refractivity contribution is -0.136. The summed E-state index contributed by atoms with van der Waals surface area (Å²) in [4.78, 5) is 69.3. The Bertz CT molecular complexity index is 1490. The molecule has 1 aromatic carbocycles. The van der Waals surface area contributed by atoms with Crippen LogP contribution in [0.25, 0.3) is 11.5 Å². The average Bonchev–Trinajstić information content (AvgIpc) is 3.45. The summed E-state index contributed by atoms with van der Waals surface area (Å²) in [7, 11) is 0. The van der Waals surface area contributed by atoms with Gasteiger partial charge in [0.05, 0.1) is 22.5 Å². The van der Waals surface area contributed by atoms with Crippen LogP contribution >= 0.6 is 0 Å². The maximum absolute atomic E-state index is 15.3. The Labute approximate surface area is 216 Å². The van der Waals surface area contributed by atoms with Crippen LogP contribution in [0.2, 0.25) is 0 Å². The first-order chi connectivity index (χ1) is 18.3. The lowest BCUT2D eigenvalue weighted by Crippen LogP contribution is -2.54. The van der Waals surface area contributed by atoms with E-state index in [1.807, 2.05) is 11.8 Å². The Hall–Kier alpha value is -4.48. The largest absolute Gasteiger partial charge is 0.369 e. The highest BCUT2D eigenvalue weighted by Crippen LogP contribution is 2.37. The number of aromatic amines is 1. The number of aryl methyl sites for hydroxylation is 1. The van der Waals surface area contributed by atoms with Gasteiger partial charge < -0.3 is 9.88 Å². The quantitative estimate of drug-likeness (QED) is 0.501. The van der Waals surface area contributed by atoms with E-state index < -0.39 is 35.5 Å². The molecule has 6 rings (SSSR count). The second-order valence-electron chi connectivity index (χ2n) is 9.76. The summed E-state index contributed by atoms with van der Waals surface area (Å²) in [6, 6.07) is 1.38. The Morgan fingerprint density at radius 2 is 1.66 bits per heavy atom. The molecular weight excluding hydrogens is 493 g/mol. The molecule has 4 amide bonds. The van der Waals surface area contributed by atoms with Crippen LogP contribution in [0, 0.1) is 12.7 Å². The number of hydrogen-bond donors (Lipinski definition) is 2. The fourth-order valence-corrected chi connectivity index (χ4v) is 5.48. The number of halogens is 1. The number of amides is 4. The van der Waals surface area contributed by atoms with E-state index in [2.05, 4.69) is 25.3 Å². The first-order valence-electron chi connectivity index (χ1n) is 12.4. The number of anilines is 1. The van der Waals surface area contributed by atoms with E-state index in [-0.39, 0.29) is 35.6 Å². The lowest BCUT2D eigenvalue weighted by Gasteiger charge is -2.34. The summed E-state index contributed by atoms with van der Waals surface area (Å²) in [5.41, 5.74) is 2.66. The van der Waals surface area contributed by atoms with E-state index in [4.69, 9.17) is 0 Å². The van der Waals surface area contributed by atoms with Crippen LogP contribution in [0.15, 0.2) is 30.7 Å². The van der Waals surface area contributed by atoms with Crippen molar-refractivity contribution in [2.45, 2.75) is 44.6 Å². The molecule has 0 aliphatic carbocycles. The fraction of sp³-hybridized carbons (Fsp3) is 0.346. The molecule has 3 aliphatic heterocycles. The number of carbonyl (C=O) groups is 4. The highest BCUT2D eigenvalue weighted by molar-refractivity contribution is 6.23. The van der Waals surface area contributed by atoms with Gasteiger partial charge in [-0.3, -0.25) is 34.4 Å². The average molecular weight is 518 g/mol. The number of benzene rings is 1. The van der Waals surface area contributed by atoms with Gasteiger partial charge in [0.25, 0.3) is 11.8 Å². The second kappa shape index (κ2) is 9.12. The number of H-pyrrole nitrogens is 1. The van der Waals surface area contributed by atoms with E-state index in [1.165, 1.54) is 6.07 Å². The van der Waals surface area contributed by atoms with Gasteiger partial charge in [0.2, 0.25) is 11.8 Å². The SMILES string of the molecule is Cc1cnc(-c2nccnc2C2CCN(c3cc4c(cc3F)C(=O)N(C3CCC(=O)NC3=O)C4=O)CC2)[nH]1. The molecule has 3 aromatic rings. The smallest absolute Gasteiger partial charge is 0.262 e. The summed E-state index contributed by atoms with van der Waals surface area (Å²) >= 11 is 0. The Morgan fingerprint density at radius 1 is 0.947 bits per heavy atom. The molecular formula is C26H24FN7O4. The Kier molecular flexibility index (Phi) is 5.73. The van der Waals surface area contributed by atoms with Crippen LogP contribution in [0.3, 0.4) is 0 Å². The van der Waals surface area contributed by atoms with Crippen LogP contribution in [0.4, 0.5) is 10.1 Å². The van der Waals surface area contributed by atoms with Gasteiger partial charge in [-0.05, 0) is 38.3 Å². The number of piperidine rings is 2. The van der Waals surface area contributed by atoms with Crippen molar-refractivity contribution >= 4 is 29.3 Å². The topological polar surface area (TPSA) is 141 Å². The molecule has 2 saturated heterocycles. The first-order valence-corrected chi connectivity index (χ1v) is 12.4. The van der Waals surface area contributed by atoms with E-state index >= 15 is 4.39 Å². The molecule has 5 heterocycles. The van der Waals surface area contributed by atoms with E-state index in [9.17, 15) is 19.2 Å². The third-order valence-corrected chi connectivity index (χ3v) is 7.38. The standard InChI is InChI=1S/C26H24FN7O4/c1-13-12-30-23(31-13)22-21(28-6-7-29-22)14-4-8-33(9-5-14)19-11-16-15(10-17(19)27)25(37)34(26(16)38)18-2-3-20(35)32-24(18)36/h6-7,10-12,14,18H,2-5,8-9H2,1H3,(H,30,31)(H,32,35,36). The third kappa shape index (κ3) is 3.92. The zero-order valence-corrected chi connectivity index (χ0v) is 20.5. The molecule has 0 spiro atoms. The summed E-state index contributed by atoms with van der Waals surface area (Å²) < 4.78 is 15.3. The Morgan fingerprint density at radius 3 is 2.34 bits per heavy atom. The molecule has 2 fully saturated rings. The number of nitrogens with one attached hydrogen (secondary N) is 2. The van der Waals surface area contributed by atoms with Gasteiger partial charge in [-0.1, -0.05) is 0 Å². The minimum absolute atomic E-state index is 0.0192. The molecule has 11 nitrogen and oxygen atoms in total. The monoisotopic (exact) mass is 517 g/mol. The second-order valence-corrected chi connectivity index (χ2v) is 9.76. The molecule has 0 bridgehead atoms. The highest BCUT2D eigenvalue weighted by atomic mass is 19.1. The number of imidazole rings is 1. The maximum Gasteiger partial charge on any atom is 0.262 e. The molecule has 0 radical (unpaired) electrons. The summed E-state index contributed by atoms with van der Waals surface area (Å²) in [5.74, 6) is -2.41. The van der Waals surface area contributed by atoms with E-state index in [1.54, 1.807) is 18.6 Å². The number of fused-ring (bicyclic) bond motifs is 1. The zero-order chi connectivity index (χ0) is 26.6. The molecule has 2 aromatic heterocycles. The Balaban J connectivity index is 1.22. The van der Waals surface area contributed by atoms with Crippen molar-refractivity contribution in [3.63, 3.8) is 0 Å². The normalized spacial score (nSPS) is 20.2. The molecule has 0 saturated carbocycles. The predicted octanol–water partition coefficient (Wildman–Crippen LogP) is 2.10. The number of hydrogen-bond acceptors (Lipinski definition) is 8. The zero-order valence-electron chi connectivity index (χ0n) is 20.5. The van der Waals surface area contributed by atoms with Gasteiger partial charge in [0.1, 0.15) is 17.6 Å². The van der Waals surface area contributed by atoms with Crippen molar-refractivity contribution in [3.05, 3.63) is 59.1 Å². The molecule has 1 unspecified atom stereocenters. The van der Waals surface area contributed by atoms with Crippen molar-refractivity contribution in [3.8, 4) is 11.5 Å². The molecule has 3 aliphatic rings. The van der Waals surface area contributed by atoms with Crippen molar-refractivity contribution in [1.29, 1.82) is 0 Å². The number of imide groups is 2. The van der Waals surface area contributed by atoms with Gasteiger partial charge >= 0.3 is 0 Å². The van der Waals surface area contributed by atoms with Crippen LogP contribution in [-0.4, -0.2) is 67.6 Å². The van der Waals surface area contributed by atoms with Crippen LogP contribution in [-0.2, 0) is 9.59 Å². The number of aromatic nitrogens is 4. The van der Waals surface area contributed by atoms with Crippen molar-refractivity contribution in [1.82, 2.24) is 30.2 Å². The van der Waals surface area contributed by atoms with Crippen LogP contribution in [0.5, 0.6) is 0 Å². The molecule has 12 heteroatoms. The molecule has 38 heavy (non-hydrogen) atoms. The summed E-state index contributed by atoms with van der Waals surface area (Å²) in [5, 5.41) is 2.16. The first kappa shape index (κ1) is 23.9. The molecule has 1 atom stereocenters. The van der Waals surface area contributed by atoms with Crippen molar-refractivity contribution in [2.24, 2.45) is 0 Å². The van der Waals surface area contributed by atoms with Gasteiger partial charge in [0.15, 0.2) is 5.82 Å². The van der Waals surface area contributed by atoms with Crippen molar-refractivity contribution in [2.75, 3.05) is 18.0 Å². The number of rotatable bonds is 4. The minimum Gasteiger partial charge on any atom is -0.369 e. The highest BCUT2D eigenvalue weighted by Gasteiger charge is 2.45. The van der Waals surface area contributed by atoms with Gasteiger partial charge in [-0.2, -0.15) is 0 Å².